The van der Waals surface area contributed by atoms with Gasteiger partial charge in [0.2, 0.25) is 5.91 Å². The first kappa shape index (κ1) is 15.9. The van der Waals surface area contributed by atoms with E-state index in [4.69, 9.17) is 4.74 Å². The van der Waals surface area contributed by atoms with Gasteiger partial charge >= 0.3 is 0 Å². The molecule has 1 aliphatic rings. The Kier molecular flexibility index (Phi) is 6.66. The Morgan fingerprint density at radius 1 is 1.29 bits per heavy atom. The summed E-state index contributed by atoms with van der Waals surface area (Å²) < 4.78 is 5.32. The van der Waals surface area contributed by atoms with Gasteiger partial charge < -0.3 is 15.4 Å². The van der Waals surface area contributed by atoms with Crippen molar-refractivity contribution in [3.63, 3.8) is 0 Å². The monoisotopic (exact) mass is 291 g/mol. The Morgan fingerprint density at radius 3 is 2.71 bits per heavy atom. The van der Waals surface area contributed by atoms with Crippen LogP contribution in [0.4, 0.5) is 5.69 Å². The van der Waals surface area contributed by atoms with Gasteiger partial charge in [0.05, 0.1) is 19.3 Å². The number of ether oxygens (including phenoxy) is 1. The second-order valence-electron chi connectivity index (χ2n) is 5.34. The van der Waals surface area contributed by atoms with Crippen molar-refractivity contribution in [3.8, 4) is 0 Å². The van der Waals surface area contributed by atoms with E-state index in [2.05, 4.69) is 15.5 Å². The number of morpholine rings is 1. The molecule has 1 aliphatic heterocycles. The molecule has 5 heteroatoms. The molecule has 2 rings (SSSR count). The zero-order valence-electron chi connectivity index (χ0n) is 12.7. The lowest BCUT2D eigenvalue weighted by Crippen LogP contribution is -2.41. The molecule has 1 aromatic carbocycles. The van der Waals surface area contributed by atoms with Crippen LogP contribution in [0.25, 0.3) is 0 Å². The Labute approximate surface area is 126 Å². The fourth-order valence-corrected chi connectivity index (χ4v) is 2.31. The zero-order chi connectivity index (χ0) is 14.9. The van der Waals surface area contributed by atoms with Gasteiger partial charge in [0.15, 0.2) is 0 Å². The van der Waals surface area contributed by atoms with Crippen molar-refractivity contribution >= 4 is 11.6 Å². The van der Waals surface area contributed by atoms with Crippen LogP contribution in [0.1, 0.15) is 13.3 Å². The second kappa shape index (κ2) is 8.77. The second-order valence-corrected chi connectivity index (χ2v) is 5.34. The predicted molar refractivity (Wildman–Crippen MR) is 84.4 cm³/mol. The van der Waals surface area contributed by atoms with Gasteiger partial charge in [0, 0.05) is 18.8 Å². The number of nitrogens with one attached hydrogen (secondary N) is 2. The molecule has 0 saturated carbocycles. The van der Waals surface area contributed by atoms with Gasteiger partial charge in [0.1, 0.15) is 0 Å². The van der Waals surface area contributed by atoms with E-state index in [1.54, 1.807) is 0 Å². The smallest absolute Gasteiger partial charge is 0.241 e. The molecule has 0 spiro atoms. The third-order valence-electron chi connectivity index (χ3n) is 3.64. The SMILES string of the molecule is CC(NCCCN1CCOCC1)C(=O)Nc1ccccc1. The van der Waals surface area contributed by atoms with Crippen molar-refractivity contribution in [2.24, 2.45) is 0 Å². The number of carbonyl (C=O) groups excluding carboxylic acids is 1. The zero-order valence-corrected chi connectivity index (χ0v) is 12.7. The summed E-state index contributed by atoms with van der Waals surface area (Å²) in [7, 11) is 0. The van der Waals surface area contributed by atoms with E-state index < -0.39 is 0 Å². The lowest BCUT2D eigenvalue weighted by Gasteiger charge is -2.26. The van der Waals surface area contributed by atoms with Crippen molar-refractivity contribution in [2.75, 3.05) is 44.7 Å². The number of carbonyl (C=O) groups is 1. The maximum absolute atomic E-state index is 12.0. The minimum Gasteiger partial charge on any atom is -0.379 e. The van der Waals surface area contributed by atoms with E-state index in [1.165, 1.54) is 0 Å². The van der Waals surface area contributed by atoms with Gasteiger partial charge in [0.25, 0.3) is 0 Å². The normalized spacial score (nSPS) is 17.4. The van der Waals surface area contributed by atoms with Crippen LogP contribution in [0, 0.1) is 0 Å². The van der Waals surface area contributed by atoms with Gasteiger partial charge in [-0.15, -0.1) is 0 Å². The highest BCUT2D eigenvalue weighted by atomic mass is 16.5. The van der Waals surface area contributed by atoms with Gasteiger partial charge in [-0.05, 0) is 38.6 Å². The fourth-order valence-electron chi connectivity index (χ4n) is 2.31. The first-order valence-electron chi connectivity index (χ1n) is 7.65. The summed E-state index contributed by atoms with van der Waals surface area (Å²) in [6.07, 6.45) is 1.04. The highest BCUT2D eigenvalue weighted by molar-refractivity contribution is 5.94. The predicted octanol–water partition coefficient (Wildman–Crippen LogP) is 1.33. The first-order chi connectivity index (χ1) is 10.3. The summed E-state index contributed by atoms with van der Waals surface area (Å²) >= 11 is 0. The molecule has 1 atom stereocenters. The van der Waals surface area contributed by atoms with Crippen LogP contribution in [0.3, 0.4) is 0 Å². The molecule has 2 N–H and O–H groups in total. The molecule has 0 bridgehead atoms. The lowest BCUT2D eigenvalue weighted by atomic mass is 10.2. The number of para-hydroxylation sites is 1. The van der Waals surface area contributed by atoms with Crippen molar-refractivity contribution in [1.29, 1.82) is 0 Å². The Hall–Kier alpha value is -1.43. The summed E-state index contributed by atoms with van der Waals surface area (Å²) in [6, 6.07) is 9.36. The Morgan fingerprint density at radius 2 is 2.00 bits per heavy atom. The summed E-state index contributed by atoms with van der Waals surface area (Å²) in [5, 5.41) is 6.18. The molecule has 1 fully saturated rings. The third-order valence-corrected chi connectivity index (χ3v) is 3.64. The number of rotatable bonds is 7. The minimum absolute atomic E-state index is 0.00701. The molecule has 116 valence electrons. The first-order valence-corrected chi connectivity index (χ1v) is 7.65. The molecule has 1 heterocycles. The topological polar surface area (TPSA) is 53.6 Å². The molecular weight excluding hydrogens is 266 g/mol. The van der Waals surface area contributed by atoms with Crippen LogP contribution < -0.4 is 10.6 Å². The fraction of sp³-hybridized carbons (Fsp3) is 0.562. The average Bonchev–Trinajstić information content (AvgIpc) is 2.53. The number of amides is 1. The van der Waals surface area contributed by atoms with Crippen molar-refractivity contribution < 1.29 is 9.53 Å². The van der Waals surface area contributed by atoms with Crippen LogP contribution in [0.5, 0.6) is 0 Å². The summed E-state index contributed by atoms with van der Waals surface area (Å²) in [5.41, 5.74) is 0.837. The molecular formula is C16H25N3O2. The third kappa shape index (κ3) is 5.83. The van der Waals surface area contributed by atoms with Crippen molar-refractivity contribution in [1.82, 2.24) is 10.2 Å². The van der Waals surface area contributed by atoms with Crippen molar-refractivity contribution in [3.05, 3.63) is 30.3 Å². The van der Waals surface area contributed by atoms with Gasteiger partial charge in [-0.3, -0.25) is 9.69 Å². The van der Waals surface area contributed by atoms with E-state index in [0.717, 1.165) is 51.5 Å². The molecule has 1 aromatic rings. The van der Waals surface area contributed by atoms with Crippen LogP contribution in [-0.2, 0) is 9.53 Å². The molecule has 0 aromatic heterocycles. The number of nitrogens with zero attached hydrogens (tertiary/aromatic N) is 1. The average molecular weight is 291 g/mol. The van der Waals surface area contributed by atoms with Crippen LogP contribution in [0.2, 0.25) is 0 Å². The van der Waals surface area contributed by atoms with Gasteiger partial charge in [-0.2, -0.15) is 0 Å². The van der Waals surface area contributed by atoms with Crippen molar-refractivity contribution in [2.45, 2.75) is 19.4 Å². The standard InChI is InChI=1S/C16H25N3O2/c1-14(16(20)18-15-6-3-2-4-7-15)17-8-5-9-19-10-12-21-13-11-19/h2-4,6-7,14,17H,5,8-13H2,1H3,(H,18,20). The highest BCUT2D eigenvalue weighted by Crippen LogP contribution is 2.05. The quantitative estimate of drug-likeness (QED) is 0.744. The number of benzene rings is 1. The molecule has 0 aliphatic carbocycles. The van der Waals surface area contributed by atoms with Crippen LogP contribution >= 0.6 is 0 Å². The lowest BCUT2D eigenvalue weighted by molar-refractivity contribution is -0.117. The number of anilines is 1. The van der Waals surface area contributed by atoms with E-state index in [1.807, 2.05) is 37.3 Å². The Balaban J connectivity index is 1.60. The molecule has 1 unspecified atom stereocenters. The van der Waals surface area contributed by atoms with E-state index in [0.29, 0.717) is 0 Å². The number of hydrogen-bond acceptors (Lipinski definition) is 4. The van der Waals surface area contributed by atoms with Gasteiger partial charge in [-0.1, -0.05) is 18.2 Å². The summed E-state index contributed by atoms with van der Waals surface area (Å²) in [6.45, 7) is 7.51. The number of hydrogen-bond donors (Lipinski definition) is 2. The molecule has 21 heavy (non-hydrogen) atoms. The largest absolute Gasteiger partial charge is 0.379 e. The Bertz CT molecular complexity index is 419. The minimum atomic E-state index is -0.185. The van der Waals surface area contributed by atoms with E-state index in [-0.39, 0.29) is 11.9 Å². The highest BCUT2D eigenvalue weighted by Gasteiger charge is 2.13. The maximum Gasteiger partial charge on any atom is 0.241 e. The van der Waals surface area contributed by atoms with E-state index in [9.17, 15) is 4.79 Å². The van der Waals surface area contributed by atoms with Crippen LogP contribution in [-0.4, -0.2) is 56.2 Å². The summed E-state index contributed by atoms with van der Waals surface area (Å²) in [5.74, 6) is 0.00701. The molecule has 5 nitrogen and oxygen atoms in total. The van der Waals surface area contributed by atoms with E-state index >= 15 is 0 Å². The molecule has 0 radical (unpaired) electrons. The molecule has 1 saturated heterocycles. The van der Waals surface area contributed by atoms with Crippen LogP contribution in [0.15, 0.2) is 30.3 Å². The summed E-state index contributed by atoms with van der Waals surface area (Å²) in [4.78, 5) is 14.4. The van der Waals surface area contributed by atoms with Gasteiger partial charge in [-0.25, -0.2) is 0 Å². The maximum atomic E-state index is 12.0. The molecule has 1 amide bonds.